The first kappa shape index (κ1) is 19.7. The summed E-state index contributed by atoms with van der Waals surface area (Å²) in [5.74, 6) is 0.0847. The van der Waals surface area contributed by atoms with Crippen molar-refractivity contribution < 1.29 is 14.2 Å². The summed E-state index contributed by atoms with van der Waals surface area (Å²) in [6, 6.07) is 10.6. The van der Waals surface area contributed by atoms with E-state index in [2.05, 4.69) is 40.8 Å². The number of hydrogen-bond donors (Lipinski definition) is 2. The first-order valence-electron chi connectivity index (χ1n) is 9.02. The van der Waals surface area contributed by atoms with Gasteiger partial charge in [0, 0.05) is 23.5 Å². The van der Waals surface area contributed by atoms with Gasteiger partial charge in [0.05, 0.1) is 12.8 Å². The number of nitrogen functional groups attached to an aromatic ring is 1. The third-order valence-electron chi connectivity index (χ3n) is 4.33. The van der Waals surface area contributed by atoms with Crippen LogP contribution in [0.2, 0.25) is 0 Å². The number of carbonyl (C=O) groups is 1. The highest BCUT2D eigenvalue weighted by Gasteiger charge is 2.25. The molecule has 1 amide bonds. The van der Waals surface area contributed by atoms with Crippen molar-refractivity contribution in [1.29, 1.82) is 0 Å². The first-order valence-corrected chi connectivity index (χ1v) is 9.02. The lowest BCUT2D eigenvalue weighted by Crippen LogP contribution is -2.21. The molecule has 4 rings (SSSR count). The maximum Gasteiger partial charge on any atom is 0.294 e. The molecule has 31 heavy (non-hydrogen) atoms. The van der Waals surface area contributed by atoms with Crippen LogP contribution in [0.25, 0.3) is 17.1 Å². The van der Waals surface area contributed by atoms with Crippen molar-refractivity contribution in [3.8, 4) is 22.8 Å². The topological polar surface area (TPSA) is 159 Å². The van der Waals surface area contributed by atoms with Crippen molar-refractivity contribution >= 4 is 17.4 Å². The van der Waals surface area contributed by atoms with E-state index in [0.29, 0.717) is 22.7 Å². The number of nitrogens with one attached hydrogen (secondary N) is 1. The van der Waals surface area contributed by atoms with E-state index >= 15 is 0 Å². The number of methoxy groups -OCH3 is 1. The molecule has 0 bridgehead atoms. The zero-order chi connectivity index (χ0) is 21.8. The zero-order valence-electron chi connectivity index (χ0n) is 16.6. The Labute approximate surface area is 175 Å². The Balaban J connectivity index is 1.74. The fourth-order valence-corrected chi connectivity index (χ4v) is 2.78. The summed E-state index contributed by atoms with van der Waals surface area (Å²) in [7, 11) is 1.54. The molecule has 0 saturated carbocycles. The lowest BCUT2D eigenvalue weighted by molar-refractivity contribution is 0.0950. The van der Waals surface area contributed by atoms with E-state index in [0.717, 1.165) is 5.56 Å². The molecule has 1 aromatic carbocycles. The molecule has 0 unspecified atom stereocenters. The van der Waals surface area contributed by atoms with E-state index in [1.165, 1.54) is 11.8 Å². The average molecular weight is 419 g/mol. The van der Waals surface area contributed by atoms with E-state index in [4.69, 9.17) is 10.5 Å². The van der Waals surface area contributed by atoms with Crippen LogP contribution in [-0.4, -0.2) is 49.0 Å². The lowest BCUT2D eigenvalue weighted by Gasteiger charge is -2.08. The predicted octanol–water partition coefficient (Wildman–Crippen LogP) is 1.46. The Morgan fingerprint density at radius 3 is 2.84 bits per heavy atom. The van der Waals surface area contributed by atoms with E-state index in [1.807, 2.05) is 6.07 Å². The Kier molecular flexibility index (Phi) is 5.34. The van der Waals surface area contributed by atoms with Crippen molar-refractivity contribution in [1.82, 2.24) is 35.7 Å². The number of hydrazone groups is 1. The van der Waals surface area contributed by atoms with Crippen molar-refractivity contribution in [2.45, 2.75) is 6.92 Å². The summed E-state index contributed by atoms with van der Waals surface area (Å²) in [6.45, 7) is 1.75. The van der Waals surface area contributed by atoms with Gasteiger partial charge >= 0.3 is 0 Å². The molecule has 156 valence electrons. The first-order chi connectivity index (χ1) is 15.1. The van der Waals surface area contributed by atoms with E-state index < -0.39 is 5.91 Å². The Morgan fingerprint density at radius 1 is 1.26 bits per heavy atom. The van der Waals surface area contributed by atoms with Crippen LogP contribution in [0.5, 0.6) is 5.75 Å². The number of aromatic nitrogens is 6. The molecule has 12 heteroatoms. The van der Waals surface area contributed by atoms with Crippen molar-refractivity contribution in [3.05, 3.63) is 60.0 Å². The highest BCUT2D eigenvalue weighted by molar-refractivity contribution is 6.02. The lowest BCUT2D eigenvalue weighted by atomic mass is 10.1. The van der Waals surface area contributed by atoms with Crippen LogP contribution in [0.4, 0.5) is 5.82 Å². The van der Waals surface area contributed by atoms with E-state index in [1.54, 1.807) is 49.6 Å². The molecule has 3 aromatic heterocycles. The van der Waals surface area contributed by atoms with Gasteiger partial charge in [0.2, 0.25) is 11.6 Å². The van der Waals surface area contributed by atoms with Crippen LogP contribution in [0.15, 0.2) is 58.5 Å². The van der Waals surface area contributed by atoms with Crippen LogP contribution in [0, 0.1) is 0 Å². The molecular weight excluding hydrogens is 402 g/mol. The molecular formula is C19H17N9O3. The molecule has 3 N–H and O–H groups in total. The summed E-state index contributed by atoms with van der Waals surface area (Å²) in [4.78, 5) is 17.0. The van der Waals surface area contributed by atoms with E-state index in [9.17, 15) is 4.79 Å². The van der Waals surface area contributed by atoms with Crippen LogP contribution >= 0.6 is 0 Å². The number of amides is 1. The second-order valence-electron chi connectivity index (χ2n) is 6.28. The molecule has 0 spiro atoms. The molecule has 0 radical (unpaired) electrons. The van der Waals surface area contributed by atoms with Gasteiger partial charge in [0.25, 0.3) is 5.91 Å². The SMILES string of the molecule is COc1cccc(-c2c(C(=O)NN=C(C)c3cccnc3)nnn2-c2nonc2N)c1. The molecule has 3 heterocycles. The number of ether oxygens (including phenoxy) is 1. The number of benzene rings is 1. The molecule has 0 atom stereocenters. The molecule has 12 nitrogen and oxygen atoms in total. The summed E-state index contributed by atoms with van der Waals surface area (Å²) in [6.07, 6.45) is 3.29. The number of carbonyl (C=O) groups excluding carboxylic acids is 1. The number of nitrogens with two attached hydrogens (primary N) is 1. The highest BCUT2D eigenvalue weighted by Crippen LogP contribution is 2.28. The van der Waals surface area contributed by atoms with Crippen LogP contribution in [0.1, 0.15) is 23.0 Å². The van der Waals surface area contributed by atoms with Gasteiger partial charge in [0.1, 0.15) is 11.4 Å². The third kappa shape index (κ3) is 3.94. The molecule has 0 fully saturated rings. The number of rotatable bonds is 6. The number of hydrogen-bond acceptors (Lipinski definition) is 10. The molecule has 0 aliphatic rings. The van der Waals surface area contributed by atoms with Crippen molar-refractivity contribution in [2.75, 3.05) is 12.8 Å². The predicted molar refractivity (Wildman–Crippen MR) is 110 cm³/mol. The minimum atomic E-state index is -0.581. The van der Waals surface area contributed by atoms with Crippen LogP contribution in [0.3, 0.4) is 0 Å². The van der Waals surface area contributed by atoms with Gasteiger partial charge < -0.3 is 10.5 Å². The van der Waals surface area contributed by atoms with Gasteiger partial charge in [-0.3, -0.25) is 9.78 Å². The van der Waals surface area contributed by atoms with Gasteiger partial charge in [-0.05, 0) is 35.4 Å². The molecule has 0 aliphatic heterocycles. The largest absolute Gasteiger partial charge is 0.497 e. The van der Waals surface area contributed by atoms with E-state index in [-0.39, 0.29) is 17.3 Å². The quantitative estimate of drug-likeness (QED) is 0.348. The normalized spacial score (nSPS) is 11.4. The van der Waals surface area contributed by atoms with Gasteiger partial charge in [-0.15, -0.1) is 5.10 Å². The second kappa shape index (κ2) is 8.41. The maximum absolute atomic E-state index is 12.9. The Bertz CT molecular complexity index is 1250. The fraction of sp³-hybridized carbons (Fsp3) is 0.105. The summed E-state index contributed by atoms with van der Waals surface area (Å²) in [5, 5.41) is 19.5. The molecule has 0 saturated heterocycles. The minimum Gasteiger partial charge on any atom is -0.497 e. The summed E-state index contributed by atoms with van der Waals surface area (Å²) < 4.78 is 11.2. The van der Waals surface area contributed by atoms with Crippen LogP contribution in [-0.2, 0) is 0 Å². The standard InChI is InChI=1S/C19H17N9O3/c1-11(13-6-4-8-21-10-13)22-24-19(29)15-16(12-5-3-7-14(9-12)30-2)28(27-23-15)18-17(20)25-31-26-18/h3-10H,1-2H3,(H2,20,25)(H,24,29). The van der Waals surface area contributed by atoms with Crippen molar-refractivity contribution in [3.63, 3.8) is 0 Å². The number of anilines is 1. The summed E-state index contributed by atoms with van der Waals surface area (Å²) in [5.41, 5.74) is 10.5. The van der Waals surface area contributed by atoms with Gasteiger partial charge in [-0.25, -0.2) is 10.1 Å². The number of nitrogens with zero attached hydrogens (tertiary/aromatic N) is 7. The monoisotopic (exact) mass is 419 g/mol. The third-order valence-corrected chi connectivity index (χ3v) is 4.33. The zero-order valence-corrected chi connectivity index (χ0v) is 16.6. The Morgan fingerprint density at radius 2 is 2.13 bits per heavy atom. The molecule has 4 aromatic rings. The van der Waals surface area contributed by atoms with Crippen LogP contribution < -0.4 is 15.9 Å². The van der Waals surface area contributed by atoms with Gasteiger partial charge in [-0.2, -0.15) is 9.78 Å². The fourth-order valence-electron chi connectivity index (χ4n) is 2.78. The molecule has 0 aliphatic carbocycles. The average Bonchev–Trinajstić information content (AvgIpc) is 3.43. The summed E-state index contributed by atoms with van der Waals surface area (Å²) >= 11 is 0. The van der Waals surface area contributed by atoms with Crippen molar-refractivity contribution in [2.24, 2.45) is 5.10 Å². The van der Waals surface area contributed by atoms with Gasteiger partial charge in [0.15, 0.2) is 5.69 Å². The second-order valence-corrected chi connectivity index (χ2v) is 6.28. The van der Waals surface area contributed by atoms with Gasteiger partial charge in [-0.1, -0.05) is 23.4 Å². The Hall–Kier alpha value is -4.61. The smallest absolute Gasteiger partial charge is 0.294 e. The number of pyridine rings is 1. The minimum absolute atomic E-state index is 0.00149. The maximum atomic E-state index is 12.9. The highest BCUT2D eigenvalue weighted by atomic mass is 16.6.